The van der Waals surface area contributed by atoms with Crippen molar-refractivity contribution in [2.75, 3.05) is 36.4 Å². The van der Waals surface area contributed by atoms with Crippen molar-refractivity contribution in [3.63, 3.8) is 0 Å². The summed E-state index contributed by atoms with van der Waals surface area (Å²) in [6, 6.07) is 3.39. The topological polar surface area (TPSA) is 66.0 Å². The first-order valence-electron chi connectivity index (χ1n) is 9.22. The van der Waals surface area contributed by atoms with Gasteiger partial charge in [-0.25, -0.2) is 18.7 Å². The fourth-order valence-electron chi connectivity index (χ4n) is 3.43. The Balaban J connectivity index is 1.63. The lowest BCUT2D eigenvalue weighted by molar-refractivity contribution is -0.137. The van der Waals surface area contributed by atoms with Crippen LogP contribution in [0.3, 0.4) is 0 Å². The van der Waals surface area contributed by atoms with Crippen LogP contribution >= 0.6 is 0 Å². The monoisotopic (exact) mass is 414 g/mol. The van der Waals surface area contributed by atoms with Gasteiger partial charge >= 0.3 is 6.18 Å². The summed E-state index contributed by atoms with van der Waals surface area (Å²) in [5.74, 6) is -2.40. The summed E-state index contributed by atoms with van der Waals surface area (Å²) in [5, 5.41) is 6.03. The van der Waals surface area contributed by atoms with Gasteiger partial charge in [0.25, 0.3) is 5.92 Å². The normalized spacial score (nSPS) is 21.6. The minimum Gasteiger partial charge on any atom is -0.329 e. The Bertz CT molecular complexity index is 873. The first kappa shape index (κ1) is 19.7. The van der Waals surface area contributed by atoms with Crippen LogP contribution in [0.1, 0.15) is 30.0 Å². The van der Waals surface area contributed by atoms with E-state index in [4.69, 9.17) is 0 Å². The smallest absolute Gasteiger partial charge is 0.329 e. The van der Waals surface area contributed by atoms with Crippen molar-refractivity contribution in [3.8, 4) is 0 Å². The zero-order valence-electron chi connectivity index (χ0n) is 15.3. The lowest BCUT2D eigenvalue weighted by Gasteiger charge is -2.39. The Morgan fingerprint density at radius 3 is 2.59 bits per heavy atom. The maximum atomic E-state index is 13.3. The van der Waals surface area contributed by atoms with Crippen LogP contribution < -0.4 is 15.5 Å². The molecular weight excluding hydrogens is 395 g/mol. The second kappa shape index (κ2) is 7.36. The summed E-state index contributed by atoms with van der Waals surface area (Å²) in [7, 11) is 0. The van der Waals surface area contributed by atoms with Crippen LogP contribution in [0.5, 0.6) is 0 Å². The number of hydrogen-bond acceptors (Lipinski definition) is 6. The van der Waals surface area contributed by atoms with Crippen molar-refractivity contribution < 1.29 is 22.0 Å². The van der Waals surface area contributed by atoms with Gasteiger partial charge in [0.05, 0.1) is 24.3 Å². The zero-order valence-corrected chi connectivity index (χ0v) is 15.3. The van der Waals surface area contributed by atoms with Crippen molar-refractivity contribution in [2.24, 2.45) is 0 Å². The predicted octanol–water partition coefficient (Wildman–Crippen LogP) is 3.56. The van der Waals surface area contributed by atoms with Gasteiger partial charge in [-0.3, -0.25) is 0 Å². The van der Waals surface area contributed by atoms with Gasteiger partial charge < -0.3 is 15.5 Å². The van der Waals surface area contributed by atoms with E-state index in [1.165, 1.54) is 4.90 Å². The number of aromatic nitrogens is 3. The number of anilines is 3. The van der Waals surface area contributed by atoms with E-state index in [0.717, 1.165) is 37.7 Å². The highest BCUT2D eigenvalue weighted by atomic mass is 19.4. The van der Waals surface area contributed by atoms with Crippen molar-refractivity contribution >= 4 is 17.6 Å². The Labute approximate surface area is 163 Å². The number of piperidine rings is 1. The molecule has 0 spiro atoms. The van der Waals surface area contributed by atoms with Crippen molar-refractivity contribution in [3.05, 3.63) is 35.7 Å². The van der Waals surface area contributed by atoms with Crippen LogP contribution in [0.25, 0.3) is 0 Å². The van der Waals surface area contributed by atoms with E-state index in [0.29, 0.717) is 12.2 Å². The minimum absolute atomic E-state index is 0.0360. The van der Waals surface area contributed by atoms with Gasteiger partial charge in [-0.15, -0.1) is 0 Å². The highest BCUT2D eigenvalue weighted by Gasteiger charge is 2.45. The molecule has 0 radical (unpaired) electrons. The van der Waals surface area contributed by atoms with Crippen LogP contribution in [0.15, 0.2) is 24.4 Å². The molecule has 156 valence electrons. The quantitative estimate of drug-likeness (QED) is 0.746. The largest absolute Gasteiger partial charge is 0.416 e. The van der Waals surface area contributed by atoms with Crippen LogP contribution in [0, 0.1) is 0 Å². The summed E-state index contributed by atoms with van der Waals surface area (Å²) >= 11 is 0. The maximum Gasteiger partial charge on any atom is 0.416 e. The van der Waals surface area contributed by atoms with Gasteiger partial charge in [-0.2, -0.15) is 18.2 Å². The fourth-order valence-corrected chi connectivity index (χ4v) is 3.43. The lowest BCUT2D eigenvalue weighted by atomic mass is 9.96. The van der Waals surface area contributed by atoms with Crippen molar-refractivity contribution in [1.29, 1.82) is 0 Å². The van der Waals surface area contributed by atoms with Gasteiger partial charge in [0.1, 0.15) is 11.6 Å². The SMILES string of the molecule is FC1(F)CN(c2nc(Nc3cc(C(F)(F)F)ccn3)cc(C3CCCNC3)n2)C1. The summed E-state index contributed by atoms with van der Waals surface area (Å²) in [6.07, 6.45) is -1.63. The molecule has 4 rings (SSSR count). The first-order chi connectivity index (χ1) is 13.7. The Hall–Kier alpha value is -2.56. The number of nitrogens with one attached hydrogen (secondary N) is 2. The Morgan fingerprint density at radius 2 is 1.93 bits per heavy atom. The van der Waals surface area contributed by atoms with Crippen LogP contribution in [-0.4, -0.2) is 47.1 Å². The standard InChI is InChI=1S/C18H19F5N6/c19-17(20)9-29(10-17)16-26-13(11-2-1-4-24-8-11)7-15(28-16)27-14-6-12(3-5-25-14)18(21,22)23/h3,5-7,11,24H,1-2,4,8-10H2,(H,25,26,27,28). The molecule has 2 saturated heterocycles. The van der Waals surface area contributed by atoms with E-state index in [1.807, 2.05) is 0 Å². The number of pyridine rings is 1. The molecule has 2 aliphatic heterocycles. The average Bonchev–Trinajstić information content (AvgIpc) is 2.66. The molecule has 0 aromatic carbocycles. The number of hydrogen-bond donors (Lipinski definition) is 2. The van der Waals surface area contributed by atoms with E-state index in [2.05, 4.69) is 25.6 Å². The van der Waals surface area contributed by atoms with Gasteiger partial charge in [-0.05, 0) is 31.5 Å². The Morgan fingerprint density at radius 1 is 1.14 bits per heavy atom. The third-order valence-electron chi connectivity index (χ3n) is 4.92. The summed E-state index contributed by atoms with van der Waals surface area (Å²) in [6.45, 7) is 0.612. The zero-order chi connectivity index (χ0) is 20.6. The van der Waals surface area contributed by atoms with Gasteiger partial charge in [-0.1, -0.05) is 0 Å². The molecule has 11 heteroatoms. The average molecular weight is 414 g/mol. The second-order valence-corrected chi connectivity index (χ2v) is 7.29. The van der Waals surface area contributed by atoms with Gasteiger partial charge in [0, 0.05) is 24.7 Å². The maximum absolute atomic E-state index is 13.3. The molecule has 6 nitrogen and oxygen atoms in total. The second-order valence-electron chi connectivity index (χ2n) is 7.29. The Kier molecular flexibility index (Phi) is 5.01. The number of alkyl halides is 5. The molecule has 0 amide bonds. The van der Waals surface area contributed by atoms with Gasteiger partial charge in [0.15, 0.2) is 0 Å². The lowest BCUT2D eigenvalue weighted by Crippen LogP contribution is -2.57. The molecule has 2 aliphatic rings. The first-order valence-corrected chi connectivity index (χ1v) is 9.22. The molecule has 0 aliphatic carbocycles. The molecule has 1 unspecified atom stereocenters. The van der Waals surface area contributed by atoms with E-state index in [1.54, 1.807) is 6.07 Å². The third kappa shape index (κ3) is 4.55. The predicted molar refractivity (Wildman–Crippen MR) is 96.6 cm³/mol. The van der Waals surface area contributed by atoms with Crippen LogP contribution in [0.4, 0.5) is 39.5 Å². The third-order valence-corrected chi connectivity index (χ3v) is 4.92. The van der Waals surface area contributed by atoms with Crippen molar-refractivity contribution in [2.45, 2.75) is 30.9 Å². The summed E-state index contributed by atoms with van der Waals surface area (Å²) in [5.41, 5.74) is -0.185. The van der Waals surface area contributed by atoms with E-state index in [-0.39, 0.29) is 23.5 Å². The number of rotatable bonds is 4. The van der Waals surface area contributed by atoms with Crippen LogP contribution in [0.2, 0.25) is 0 Å². The van der Waals surface area contributed by atoms with E-state index in [9.17, 15) is 22.0 Å². The summed E-state index contributed by atoms with van der Waals surface area (Å²) < 4.78 is 65.4. The molecule has 2 N–H and O–H groups in total. The molecule has 0 bridgehead atoms. The molecule has 2 aromatic heterocycles. The van der Waals surface area contributed by atoms with Gasteiger partial charge in [0.2, 0.25) is 5.95 Å². The van der Waals surface area contributed by atoms with E-state index < -0.39 is 30.8 Å². The van der Waals surface area contributed by atoms with Crippen molar-refractivity contribution in [1.82, 2.24) is 20.3 Å². The number of nitrogens with zero attached hydrogens (tertiary/aromatic N) is 4. The van der Waals surface area contributed by atoms with Crippen LogP contribution in [-0.2, 0) is 6.18 Å². The molecule has 0 saturated carbocycles. The molecule has 1 atom stereocenters. The van der Waals surface area contributed by atoms with E-state index >= 15 is 0 Å². The highest BCUT2D eigenvalue weighted by molar-refractivity contribution is 5.56. The molecule has 29 heavy (non-hydrogen) atoms. The minimum atomic E-state index is -4.50. The highest BCUT2D eigenvalue weighted by Crippen LogP contribution is 2.34. The number of halogens is 5. The molecule has 2 aromatic rings. The summed E-state index contributed by atoms with van der Waals surface area (Å²) in [4.78, 5) is 13.9. The molecule has 4 heterocycles. The molecule has 2 fully saturated rings. The fraction of sp³-hybridized carbons (Fsp3) is 0.500. The molecular formula is C18H19F5N6.